The molecule has 0 saturated heterocycles. The van der Waals surface area contributed by atoms with E-state index in [4.69, 9.17) is 10.3 Å². The van der Waals surface area contributed by atoms with Gasteiger partial charge in [-0.2, -0.15) is 4.98 Å². The third-order valence-corrected chi connectivity index (χ3v) is 2.18. The van der Waals surface area contributed by atoms with Crippen LogP contribution < -0.4 is 5.73 Å². The van der Waals surface area contributed by atoms with Crippen LogP contribution in [-0.4, -0.2) is 21.0 Å². The van der Waals surface area contributed by atoms with E-state index in [0.29, 0.717) is 36.7 Å². The molecular formula is C11H12N4O2. The van der Waals surface area contributed by atoms with Gasteiger partial charge in [-0.3, -0.25) is 9.78 Å². The van der Waals surface area contributed by atoms with Gasteiger partial charge >= 0.3 is 0 Å². The number of pyridine rings is 1. The number of hydrogen-bond acceptors (Lipinski definition) is 5. The predicted octanol–water partition coefficient (Wildman–Crippen LogP) is 0.940. The standard InChI is InChI=1S/C11H12N4O2/c12-9(16)5-3-6-10-14-11(15-17-10)8-4-1-2-7-13-8/h1-2,4,7H,3,5-6H2,(H2,12,16). The van der Waals surface area contributed by atoms with E-state index in [1.807, 2.05) is 12.1 Å². The van der Waals surface area contributed by atoms with E-state index >= 15 is 0 Å². The smallest absolute Gasteiger partial charge is 0.227 e. The Bertz CT molecular complexity index is 495. The predicted molar refractivity (Wildman–Crippen MR) is 59.7 cm³/mol. The summed E-state index contributed by atoms with van der Waals surface area (Å²) in [6, 6.07) is 5.47. The van der Waals surface area contributed by atoms with Crippen LogP contribution in [0.25, 0.3) is 11.5 Å². The topological polar surface area (TPSA) is 94.9 Å². The zero-order valence-corrected chi connectivity index (χ0v) is 9.17. The van der Waals surface area contributed by atoms with Gasteiger partial charge in [0.15, 0.2) is 0 Å². The van der Waals surface area contributed by atoms with Crippen LogP contribution in [0, 0.1) is 0 Å². The van der Waals surface area contributed by atoms with Gasteiger partial charge in [0.1, 0.15) is 5.69 Å². The number of amides is 1. The van der Waals surface area contributed by atoms with Gasteiger partial charge in [0, 0.05) is 19.0 Å². The highest BCUT2D eigenvalue weighted by Gasteiger charge is 2.09. The Hall–Kier alpha value is -2.24. The largest absolute Gasteiger partial charge is 0.370 e. The summed E-state index contributed by atoms with van der Waals surface area (Å²) in [5.74, 6) is 0.626. The number of primary amides is 1. The SMILES string of the molecule is NC(=O)CCCc1nc(-c2ccccn2)no1. The Kier molecular flexibility index (Phi) is 3.44. The number of nitrogens with zero attached hydrogens (tertiary/aromatic N) is 3. The first-order valence-electron chi connectivity index (χ1n) is 5.28. The average Bonchev–Trinajstić information content (AvgIpc) is 2.78. The van der Waals surface area contributed by atoms with Crippen molar-refractivity contribution < 1.29 is 9.32 Å². The van der Waals surface area contributed by atoms with Crippen molar-refractivity contribution in [3.05, 3.63) is 30.3 Å². The normalized spacial score (nSPS) is 10.4. The van der Waals surface area contributed by atoms with Gasteiger partial charge in [0.05, 0.1) is 0 Å². The Labute approximate surface area is 97.9 Å². The molecule has 17 heavy (non-hydrogen) atoms. The highest BCUT2D eigenvalue weighted by atomic mass is 16.5. The summed E-state index contributed by atoms with van der Waals surface area (Å²) in [5, 5.41) is 3.82. The Morgan fingerprint density at radius 3 is 3.00 bits per heavy atom. The third-order valence-electron chi connectivity index (χ3n) is 2.18. The van der Waals surface area contributed by atoms with Crippen LogP contribution in [0.15, 0.2) is 28.9 Å². The van der Waals surface area contributed by atoms with Crippen LogP contribution in [0.5, 0.6) is 0 Å². The van der Waals surface area contributed by atoms with Crippen LogP contribution in [-0.2, 0) is 11.2 Å². The Morgan fingerprint density at radius 1 is 1.41 bits per heavy atom. The minimum absolute atomic E-state index is 0.321. The summed E-state index contributed by atoms with van der Waals surface area (Å²) in [6.45, 7) is 0. The maximum atomic E-state index is 10.6. The van der Waals surface area contributed by atoms with Gasteiger partial charge in [0.25, 0.3) is 0 Å². The van der Waals surface area contributed by atoms with Gasteiger partial charge in [-0.25, -0.2) is 0 Å². The molecule has 0 bridgehead atoms. The maximum absolute atomic E-state index is 10.6. The molecule has 0 aliphatic carbocycles. The molecule has 0 aromatic carbocycles. The lowest BCUT2D eigenvalue weighted by Gasteiger charge is -1.91. The summed E-state index contributed by atoms with van der Waals surface area (Å²) in [5.41, 5.74) is 5.70. The Morgan fingerprint density at radius 2 is 2.29 bits per heavy atom. The molecule has 0 spiro atoms. The molecular weight excluding hydrogens is 220 g/mol. The lowest BCUT2D eigenvalue weighted by Crippen LogP contribution is -2.10. The molecule has 0 aliphatic rings. The van der Waals surface area contributed by atoms with Crippen LogP contribution in [0.1, 0.15) is 18.7 Å². The zero-order chi connectivity index (χ0) is 12.1. The molecule has 0 aliphatic heterocycles. The molecule has 1 amide bonds. The molecule has 0 fully saturated rings. The van der Waals surface area contributed by atoms with E-state index in [0.717, 1.165) is 0 Å². The minimum Gasteiger partial charge on any atom is -0.370 e. The number of rotatable bonds is 5. The maximum Gasteiger partial charge on any atom is 0.227 e. The van der Waals surface area contributed by atoms with Gasteiger partial charge < -0.3 is 10.3 Å². The van der Waals surface area contributed by atoms with Crippen molar-refractivity contribution >= 4 is 5.91 Å². The van der Waals surface area contributed by atoms with Crippen molar-refractivity contribution in [3.63, 3.8) is 0 Å². The van der Waals surface area contributed by atoms with Crippen molar-refractivity contribution in [1.29, 1.82) is 0 Å². The summed E-state index contributed by atoms with van der Waals surface area (Å²) < 4.78 is 5.05. The number of carbonyl (C=O) groups is 1. The average molecular weight is 232 g/mol. The van der Waals surface area contributed by atoms with Gasteiger partial charge in [-0.15, -0.1) is 0 Å². The molecule has 6 heteroatoms. The van der Waals surface area contributed by atoms with Crippen molar-refractivity contribution in [1.82, 2.24) is 15.1 Å². The zero-order valence-electron chi connectivity index (χ0n) is 9.17. The summed E-state index contributed by atoms with van der Waals surface area (Å²) in [4.78, 5) is 18.9. The molecule has 2 N–H and O–H groups in total. The van der Waals surface area contributed by atoms with E-state index in [2.05, 4.69) is 15.1 Å². The molecule has 0 saturated carbocycles. The van der Waals surface area contributed by atoms with Crippen molar-refractivity contribution in [2.24, 2.45) is 5.73 Å². The number of carbonyl (C=O) groups excluding carboxylic acids is 1. The molecule has 88 valence electrons. The van der Waals surface area contributed by atoms with Crippen LogP contribution in [0.2, 0.25) is 0 Å². The fraction of sp³-hybridized carbons (Fsp3) is 0.273. The number of nitrogens with two attached hydrogens (primary N) is 1. The summed E-state index contributed by atoms with van der Waals surface area (Å²) in [6.07, 6.45) is 3.14. The van der Waals surface area contributed by atoms with Gasteiger partial charge in [-0.05, 0) is 18.6 Å². The monoisotopic (exact) mass is 232 g/mol. The molecule has 2 rings (SSSR count). The highest BCUT2D eigenvalue weighted by Crippen LogP contribution is 2.12. The van der Waals surface area contributed by atoms with Gasteiger partial charge in [-0.1, -0.05) is 11.2 Å². The second-order valence-electron chi connectivity index (χ2n) is 3.55. The van der Waals surface area contributed by atoms with E-state index in [1.165, 1.54) is 0 Å². The first kappa shape index (κ1) is 11.3. The van der Waals surface area contributed by atoms with Crippen LogP contribution in [0.4, 0.5) is 0 Å². The van der Waals surface area contributed by atoms with E-state index in [1.54, 1.807) is 12.3 Å². The van der Waals surface area contributed by atoms with E-state index < -0.39 is 0 Å². The summed E-state index contributed by atoms with van der Waals surface area (Å²) >= 11 is 0. The second kappa shape index (κ2) is 5.20. The molecule has 2 aromatic heterocycles. The highest BCUT2D eigenvalue weighted by molar-refractivity contribution is 5.73. The van der Waals surface area contributed by atoms with Gasteiger partial charge in [0.2, 0.25) is 17.6 Å². The molecule has 6 nitrogen and oxygen atoms in total. The molecule has 2 heterocycles. The number of hydrogen-bond donors (Lipinski definition) is 1. The van der Waals surface area contributed by atoms with Crippen LogP contribution >= 0.6 is 0 Å². The van der Waals surface area contributed by atoms with E-state index in [9.17, 15) is 4.79 Å². The lowest BCUT2D eigenvalue weighted by atomic mass is 10.2. The second-order valence-corrected chi connectivity index (χ2v) is 3.55. The van der Waals surface area contributed by atoms with E-state index in [-0.39, 0.29) is 5.91 Å². The molecule has 0 atom stereocenters. The first-order chi connectivity index (χ1) is 8.25. The quantitative estimate of drug-likeness (QED) is 0.827. The fourth-order valence-corrected chi connectivity index (χ4v) is 1.37. The third kappa shape index (κ3) is 3.10. The van der Waals surface area contributed by atoms with Crippen LogP contribution in [0.3, 0.4) is 0 Å². The number of aromatic nitrogens is 3. The van der Waals surface area contributed by atoms with Crippen molar-refractivity contribution in [2.45, 2.75) is 19.3 Å². The minimum atomic E-state index is -0.325. The fourth-order valence-electron chi connectivity index (χ4n) is 1.37. The van der Waals surface area contributed by atoms with Crippen molar-refractivity contribution in [2.75, 3.05) is 0 Å². The Balaban J connectivity index is 1.99. The summed E-state index contributed by atoms with van der Waals surface area (Å²) in [7, 11) is 0. The molecule has 0 radical (unpaired) electrons. The molecule has 2 aromatic rings. The number of aryl methyl sites for hydroxylation is 1. The lowest BCUT2D eigenvalue weighted by molar-refractivity contribution is -0.118. The first-order valence-corrected chi connectivity index (χ1v) is 5.28. The van der Waals surface area contributed by atoms with Crippen molar-refractivity contribution in [3.8, 4) is 11.5 Å². The molecule has 0 unspecified atom stereocenters.